The van der Waals surface area contributed by atoms with Crippen LogP contribution in [0.2, 0.25) is 5.02 Å². The summed E-state index contributed by atoms with van der Waals surface area (Å²) in [5.41, 5.74) is 2.93. The lowest BCUT2D eigenvalue weighted by molar-refractivity contribution is -0.119. The maximum absolute atomic E-state index is 12.9. The maximum atomic E-state index is 12.9. The summed E-state index contributed by atoms with van der Waals surface area (Å²) in [6.45, 7) is 3.42. The predicted octanol–water partition coefficient (Wildman–Crippen LogP) is 2.20. The van der Waals surface area contributed by atoms with Crippen molar-refractivity contribution in [3.63, 3.8) is 0 Å². The summed E-state index contributed by atoms with van der Waals surface area (Å²) in [5.74, 6) is 0.388. The predicted molar refractivity (Wildman–Crippen MR) is 96.8 cm³/mol. The minimum absolute atomic E-state index is 0.0494. The zero-order valence-corrected chi connectivity index (χ0v) is 14.8. The van der Waals surface area contributed by atoms with Gasteiger partial charge in [0.15, 0.2) is 5.82 Å². The maximum Gasteiger partial charge on any atom is 0.230 e. The number of carbonyl (C=O) groups excluding carboxylic acids is 1. The van der Waals surface area contributed by atoms with E-state index in [2.05, 4.69) is 25.9 Å². The first-order valence-corrected chi connectivity index (χ1v) is 8.56. The van der Waals surface area contributed by atoms with Crippen molar-refractivity contribution in [2.24, 2.45) is 13.0 Å². The van der Waals surface area contributed by atoms with Gasteiger partial charge in [0, 0.05) is 37.1 Å². The van der Waals surface area contributed by atoms with E-state index in [-0.39, 0.29) is 17.7 Å². The third kappa shape index (κ3) is 2.69. The number of nitrogens with zero attached hydrogens (tertiary/aromatic N) is 3. The van der Waals surface area contributed by atoms with Gasteiger partial charge < -0.3 is 10.6 Å². The number of hydrogen-bond donors (Lipinski definition) is 3. The van der Waals surface area contributed by atoms with E-state index < -0.39 is 0 Å². The molecule has 1 aliphatic heterocycles. The second kappa shape index (κ2) is 6.16. The summed E-state index contributed by atoms with van der Waals surface area (Å²) < 4.78 is 1.84. The molecule has 1 aliphatic rings. The molecule has 8 heteroatoms. The Kier molecular flexibility index (Phi) is 3.97. The molecule has 25 heavy (non-hydrogen) atoms. The molecule has 1 amide bonds. The first kappa shape index (κ1) is 16.1. The fraction of sp³-hybridized carbons (Fsp3) is 0.353. The molecule has 0 bridgehead atoms. The van der Waals surface area contributed by atoms with Gasteiger partial charge in [-0.2, -0.15) is 10.2 Å². The fourth-order valence-corrected chi connectivity index (χ4v) is 3.69. The summed E-state index contributed by atoms with van der Waals surface area (Å²) in [5, 5.41) is 19.1. The Labute approximate surface area is 149 Å². The Hall–Kier alpha value is -2.38. The normalized spacial score (nSPS) is 20.3. The van der Waals surface area contributed by atoms with E-state index in [1.165, 1.54) is 0 Å². The number of rotatable bonds is 3. The quantitative estimate of drug-likeness (QED) is 0.669. The van der Waals surface area contributed by atoms with Crippen LogP contribution in [0.5, 0.6) is 0 Å². The van der Waals surface area contributed by atoms with E-state index in [1.54, 1.807) is 6.07 Å². The smallest absolute Gasteiger partial charge is 0.230 e. The van der Waals surface area contributed by atoms with E-state index in [9.17, 15) is 4.79 Å². The molecular weight excluding hydrogens is 340 g/mol. The highest BCUT2D eigenvalue weighted by molar-refractivity contribution is 6.35. The number of H-pyrrole nitrogens is 1. The highest BCUT2D eigenvalue weighted by Crippen LogP contribution is 2.32. The van der Waals surface area contributed by atoms with Gasteiger partial charge in [0.25, 0.3) is 0 Å². The molecule has 0 radical (unpaired) electrons. The minimum atomic E-state index is -0.172. The average molecular weight is 359 g/mol. The highest BCUT2D eigenvalue weighted by Gasteiger charge is 2.36. The van der Waals surface area contributed by atoms with Crippen molar-refractivity contribution in [2.75, 3.05) is 18.4 Å². The van der Waals surface area contributed by atoms with Crippen molar-refractivity contribution in [3.05, 3.63) is 40.7 Å². The highest BCUT2D eigenvalue weighted by atomic mass is 35.5. The van der Waals surface area contributed by atoms with Crippen molar-refractivity contribution in [2.45, 2.75) is 12.8 Å². The topological polar surface area (TPSA) is 87.6 Å². The van der Waals surface area contributed by atoms with Gasteiger partial charge in [-0.05, 0) is 24.6 Å². The number of para-hydroxylation sites is 1. The van der Waals surface area contributed by atoms with Crippen molar-refractivity contribution < 1.29 is 4.79 Å². The molecule has 0 unspecified atom stereocenters. The average Bonchev–Trinajstić information content (AvgIpc) is 3.29. The molecule has 2 atom stereocenters. The van der Waals surface area contributed by atoms with Crippen LogP contribution in [0.1, 0.15) is 17.2 Å². The van der Waals surface area contributed by atoms with E-state index >= 15 is 0 Å². The van der Waals surface area contributed by atoms with E-state index in [4.69, 9.17) is 11.6 Å². The molecule has 0 aliphatic carbocycles. The van der Waals surface area contributed by atoms with Gasteiger partial charge in [-0.1, -0.05) is 17.7 Å². The zero-order chi connectivity index (χ0) is 17.6. The van der Waals surface area contributed by atoms with Crippen LogP contribution in [0.4, 0.5) is 5.82 Å². The van der Waals surface area contributed by atoms with Gasteiger partial charge in [-0.15, -0.1) is 0 Å². The molecular formula is C17H19ClN6O. The van der Waals surface area contributed by atoms with Gasteiger partial charge in [0.2, 0.25) is 5.91 Å². The molecule has 4 rings (SSSR count). The number of anilines is 1. The van der Waals surface area contributed by atoms with Gasteiger partial charge >= 0.3 is 0 Å². The molecule has 2 aromatic heterocycles. The number of fused-ring (bicyclic) bond motifs is 1. The monoisotopic (exact) mass is 358 g/mol. The van der Waals surface area contributed by atoms with E-state index in [0.717, 1.165) is 28.7 Å². The standard InChI is InChI=1S/C17H19ClN6O/c1-9-11(8-20-24(9)2)12-6-19-7-13(12)17(25)21-16-10-4-3-5-14(18)15(10)22-23-16/h3-5,8,12-13,19H,6-7H2,1-2H3,(H2,21,22,23,25)/t12-,13+/m1/s1. The molecule has 3 aromatic rings. The van der Waals surface area contributed by atoms with Crippen LogP contribution in [-0.2, 0) is 11.8 Å². The second-order valence-electron chi connectivity index (χ2n) is 6.40. The molecule has 1 saturated heterocycles. The Morgan fingerprint density at radius 2 is 2.24 bits per heavy atom. The molecule has 130 valence electrons. The van der Waals surface area contributed by atoms with Crippen LogP contribution in [0, 0.1) is 12.8 Å². The van der Waals surface area contributed by atoms with E-state index in [1.807, 2.05) is 37.0 Å². The van der Waals surface area contributed by atoms with Crippen LogP contribution >= 0.6 is 11.6 Å². The molecule has 1 aromatic carbocycles. The Bertz CT molecular complexity index is 946. The first-order valence-electron chi connectivity index (χ1n) is 8.19. The third-order valence-corrected chi connectivity index (χ3v) is 5.33. The molecule has 0 spiro atoms. The van der Waals surface area contributed by atoms with Crippen molar-refractivity contribution in [1.82, 2.24) is 25.3 Å². The van der Waals surface area contributed by atoms with Crippen LogP contribution in [-0.4, -0.2) is 39.0 Å². The van der Waals surface area contributed by atoms with Gasteiger partial charge in [0.05, 0.1) is 22.7 Å². The number of aryl methyl sites for hydroxylation is 1. The Balaban J connectivity index is 1.59. The summed E-state index contributed by atoms with van der Waals surface area (Å²) in [4.78, 5) is 12.9. The molecule has 3 heterocycles. The Morgan fingerprint density at radius 1 is 1.40 bits per heavy atom. The van der Waals surface area contributed by atoms with Crippen LogP contribution in [0.15, 0.2) is 24.4 Å². The summed E-state index contributed by atoms with van der Waals surface area (Å²) in [6, 6.07) is 5.51. The van der Waals surface area contributed by atoms with Gasteiger partial charge in [0.1, 0.15) is 0 Å². The van der Waals surface area contributed by atoms with Crippen LogP contribution < -0.4 is 10.6 Å². The molecule has 0 saturated carbocycles. The Morgan fingerprint density at radius 3 is 3.00 bits per heavy atom. The van der Waals surface area contributed by atoms with Crippen LogP contribution in [0.3, 0.4) is 0 Å². The minimum Gasteiger partial charge on any atom is -0.315 e. The number of nitrogens with one attached hydrogen (secondary N) is 3. The largest absolute Gasteiger partial charge is 0.315 e. The molecule has 3 N–H and O–H groups in total. The van der Waals surface area contributed by atoms with Crippen LogP contribution in [0.25, 0.3) is 10.9 Å². The molecule has 7 nitrogen and oxygen atoms in total. The van der Waals surface area contributed by atoms with E-state index in [0.29, 0.717) is 17.4 Å². The number of carbonyl (C=O) groups is 1. The number of aromatic nitrogens is 4. The third-order valence-electron chi connectivity index (χ3n) is 5.01. The number of benzene rings is 1. The fourth-order valence-electron chi connectivity index (χ4n) is 3.47. The van der Waals surface area contributed by atoms with Gasteiger partial charge in [-0.25, -0.2) is 0 Å². The van der Waals surface area contributed by atoms with Gasteiger partial charge in [-0.3, -0.25) is 14.6 Å². The van der Waals surface area contributed by atoms with Crippen molar-refractivity contribution in [3.8, 4) is 0 Å². The SMILES string of the molecule is Cc1c([C@H]2CNC[C@@H]2C(=O)Nc2n[nH]c3c(Cl)cccc23)cnn1C. The summed E-state index contributed by atoms with van der Waals surface area (Å²) in [7, 11) is 1.91. The number of aromatic amines is 1. The molecule has 1 fully saturated rings. The van der Waals surface area contributed by atoms with Crippen molar-refractivity contribution >= 4 is 34.2 Å². The number of halogens is 1. The number of hydrogen-bond acceptors (Lipinski definition) is 4. The lowest BCUT2D eigenvalue weighted by Crippen LogP contribution is -2.28. The summed E-state index contributed by atoms with van der Waals surface area (Å²) >= 11 is 6.15. The van der Waals surface area contributed by atoms with Crippen molar-refractivity contribution in [1.29, 1.82) is 0 Å². The first-order chi connectivity index (χ1) is 12.1. The summed E-state index contributed by atoms with van der Waals surface area (Å²) in [6.07, 6.45) is 1.86. The second-order valence-corrected chi connectivity index (χ2v) is 6.81. The lowest BCUT2D eigenvalue weighted by atomic mass is 9.88. The number of amides is 1. The zero-order valence-electron chi connectivity index (χ0n) is 14.0. The lowest BCUT2D eigenvalue weighted by Gasteiger charge is -2.17.